The van der Waals surface area contributed by atoms with Crippen LogP contribution in [0.2, 0.25) is 5.02 Å². The van der Waals surface area contributed by atoms with E-state index in [1.807, 2.05) is 30.3 Å². The molecule has 3 aromatic rings. The van der Waals surface area contributed by atoms with Gasteiger partial charge in [0, 0.05) is 27.7 Å². The van der Waals surface area contributed by atoms with Gasteiger partial charge >= 0.3 is 0 Å². The van der Waals surface area contributed by atoms with E-state index in [-0.39, 0.29) is 5.75 Å². The summed E-state index contributed by atoms with van der Waals surface area (Å²) in [5, 5.41) is 15.6. The number of rotatable bonds is 2. The topological polar surface area (TPSA) is 71.5 Å². The minimum absolute atomic E-state index is 0.0292. The van der Waals surface area contributed by atoms with Gasteiger partial charge in [0.25, 0.3) is 0 Å². The summed E-state index contributed by atoms with van der Waals surface area (Å²) in [6, 6.07) is 12.7. The molecule has 0 unspecified atom stereocenters. The van der Waals surface area contributed by atoms with Crippen molar-refractivity contribution in [2.24, 2.45) is 10.9 Å². The molecule has 0 spiro atoms. The van der Waals surface area contributed by atoms with Gasteiger partial charge in [-0.1, -0.05) is 35.9 Å². The van der Waals surface area contributed by atoms with Crippen molar-refractivity contribution in [1.29, 1.82) is 0 Å². The van der Waals surface area contributed by atoms with Crippen molar-refractivity contribution in [3.63, 3.8) is 0 Å². The number of nitrogens with zero attached hydrogens (tertiary/aromatic N) is 2. The maximum atomic E-state index is 10.3. The number of aromatic hydroxyl groups is 1. The van der Waals surface area contributed by atoms with E-state index < -0.39 is 0 Å². The van der Waals surface area contributed by atoms with Crippen molar-refractivity contribution in [2.45, 2.75) is 0 Å². The van der Waals surface area contributed by atoms with Gasteiger partial charge in [-0.15, -0.1) is 0 Å². The van der Waals surface area contributed by atoms with Crippen LogP contribution in [0.3, 0.4) is 0 Å². The van der Waals surface area contributed by atoms with Crippen LogP contribution in [-0.4, -0.2) is 15.8 Å². The van der Waals surface area contributed by atoms with Crippen LogP contribution in [0.15, 0.2) is 58.2 Å². The third-order valence-corrected chi connectivity index (χ3v) is 4.12. The van der Waals surface area contributed by atoms with E-state index in [1.54, 1.807) is 18.3 Å². The molecule has 4 nitrogen and oxygen atoms in total. The Labute approximate surface area is 140 Å². The largest absolute Gasteiger partial charge is 0.506 e. The van der Waals surface area contributed by atoms with Crippen LogP contribution in [0.5, 0.6) is 5.75 Å². The number of hydrazone groups is 1. The smallest absolute Gasteiger partial charge is 0.139 e. The van der Waals surface area contributed by atoms with E-state index in [2.05, 4.69) is 26.0 Å². The van der Waals surface area contributed by atoms with Crippen LogP contribution in [-0.2, 0) is 0 Å². The number of benzene rings is 2. The zero-order valence-electron chi connectivity index (χ0n) is 11.3. The Morgan fingerprint density at radius 3 is 2.73 bits per heavy atom. The second-order valence-corrected chi connectivity index (χ2v) is 5.93. The van der Waals surface area contributed by atoms with Gasteiger partial charge in [-0.25, -0.2) is 0 Å². The van der Waals surface area contributed by atoms with Crippen LogP contribution in [0, 0.1) is 0 Å². The molecule has 0 aliphatic rings. The zero-order chi connectivity index (χ0) is 15.7. The molecule has 1 aromatic heterocycles. The molecule has 0 radical (unpaired) electrons. The highest BCUT2D eigenvalue weighted by Crippen LogP contribution is 2.34. The molecule has 0 atom stereocenters. The van der Waals surface area contributed by atoms with Crippen LogP contribution in [0.25, 0.3) is 10.9 Å². The van der Waals surface area contributed by atoms with Gasteiger partial charge in [0.2, 0.25) is 0 Å². The Hall–Kier alpha value is -2.11. The summed E-state index contributed by atoms with van der Waals surface area (Å²) in [4.78, 5) is 4.39. The first-order chi connectivity index (χ1) is 10.6. The molecule has 3 N–H and O–H groups in total. The van der Waals surface area contributed by atoms with Crippen molar-refractivity contribution >= 4 is 44.1 Å². The molecular formula is C16H11BrClN3O. The second kappa shape index (κ2) is 5.94. The Morgan fingerprint density at radius 2 is 1.95 bits per heavy atom. The lowest BCUT2D eigenvalue weighted by atomic mass is 9.99. The predicted octanol–water partition coefficient (Wildman–Crippen LogP) is 4.07. The lowest BCUT2D eigenvalue weighted by molar-refractivity contribution is 0.471. The molecule has 3 rings (SSSR count). The fourth-order valence-electron chi connectivity index (χ4n) is 2.33. The number of phenolic OH excluding ortho intramolecular Hbond substituents is 1. The van der Waals surface area contributed by atoms with E-state index in [4.69, 9.17) is 17.4 Å². The number of fused-ring (bicyclic) bond motifs is 1. The van der Waals surface area contributed by atoms with Crippen molar-refractivity contribution < 1.29 is 5.11 Å². The maximum Gasteiger partial charge on any atom is 0.139 e. The average Bonchev–Trinajstić information content (AvgIpc) is 2.53. The lowest BCUT2D eigenvalue weighted by Gasteiger charge is -2.11. The summed E-state index contributed by atoms with van der Waals surface area (Å²) >= 11 is 9.35. The summed E-state index contributed by atoms with van der Waals surface area (Å²) in [7, 11) is 0. The quantitative estimate of drug-likeness (QED) is 0.402. The van der Waals surface area contributed by atoms with Crippen molar-refractivity contribution in [3.8, 4) is 5.75 Å². The van der Waals surface area contributed by atoms with Gasteiger partial charge in [0.15, 0.2) is 0 Å². The van der Waals surface area contributed by atoms with Gasteiger partial charge in [0.1, 0.15) is 11.5 Å². The Kier molecular flexibility index (Phi) is 4.00. The Morgan fingerprint density at radius 1 is 1.18 bits per heavy atom. The first-order valence-corrected chi connectivity index (χ1v) is 7.59. The lowest BCUT2D eigenvalue weighted by Crippen LogP contribution is -2.08. The normalized spacial score (nSPS) is 11.8. The summed E-state index contributed by atoms with van der Waals surface area (Å²) in [6.07, 6.45) is 1.70. The highest BCUT2D eigenvalue weighted by molar-refractivity contribution is 9.10. The summed E-state index contributed by atoms with van der Waals surface area (Å²) in [6.45, 7) is 0. The molecule has 0 bridgehead atoms. The van der Waals surface area contributed by atoms with E-state index in [0.717, 1.165) is 16.5 Å². The maximum absolute atomic E-state index is 10.3. The number of pyridine rings is 1. The van der Waals surface area contributed by atoms with Gasteiger partial charge in [-0.2, -0.15) is 5.10 Å². The third-order valence-electron chi connectivity index (χ3n) is 3.30. The number of hydrogen-bond acceptors (Lipinski definition) is 4. The minimum atomic E-state index is 0.0292. The van der Waals surface area contributed by atoms with Crippen LogP contribution in [0.1, 0.15) is 11.1 Å². The fraction of sp³-hybridized carbons (Fsp3) is 0. The number of aromatic nitrogens is 1. The SMILES string of the molecule is N/N=C(\c1cc(Cl)cc(Br)c1O)c1cccc2cccnc12. The molecule has 1 heterocycles. The van der Waals surface area contributed by atoms with E-state index in [1.165, 1.54) is 0 Å². The van der Waals surface area contributed by atoms with Crippen molar-refractivity contribution in [3.05, 3.63) is 69.3 Å². The molecule has 22 heavy (non-hydrogen) atoms. The number of halogens is 2. The Balaban J connectivity index is 2.29. The number of phenols is 1. The summed E-state index contributed by atoms with van der Waals surface area (Å²) in [5.41, 5.74) is 2.35. The van der Waals surface area contributed by atoms with Gasteiger partial charge < -0.3 is 10.9 Å². The number of nitrogens with two attached hydrogens (primary N) is 1. The molecule has 0 saturated heterocycles. The molecule has 0 amide bonds. The zero-order valence-corrected chi connectivity index (χ0v) is 13.6. The summed E-state index contributed by atoms with van der Waals surface area (Å²) < 4.78 is 0.476. The molecule has 0 fully saturated rings. The average molecular weight is 377 g/mol. The second-order valence-electron chi connectivity index (χ2n) is 4.64. The minimum Gasteiger partial charge on any atom is -0.506 e. The molecule has 2 aromatic carbocycles. The molecule has 0 aliphatic carbocycles. The molecule has 0 aliphatic heterocycles. The van der Waals surface area contributed by atoms with Crippen molar-refractivity contribution in [1.82, 2.24) is 4.98 Å². The standard InChI is InChI=1S/C16H11BrClN3O/c17-13-8-10(18)7-12(16(13)22)15(21-19)11-5-1-3-9-4-2-6-20-14(9)11/h1-8,22H,19H2/b21-15-. The van der Waals surface area contributed by atoms with Crippen LogP contribution < -0.4 is 5.84 Å². The van der Waals surface area contributed by atoms with Gasteiger partial charge in [-0.05, 0) is 34.1 Å². The number of hydrogen-bond donors (Lipinski definition) is 2. The Bertz CT molecular complexity index is 890. The predicted molar refractivity (Wildman–Crippen MR) is 92.4 cm³/mol. The highest BCUT2D eigenvalue weighted by atomic mass is 79.9. The van der Waals surface area contributed by atoms with Crippen LogP contribution >= 0.6 is 27.5 Å². The monoisotopic (exact) mass is 375 g/mol. The van der Waals surface area contributed by atoms with Gasteiger partial charge in [0.05, 0.1) is 9.99 Å². The number of para-hydroxylation sites is 1. The molecule has 6 heteroatoms. The molecule has 110 valence electrons. The van der Waals surface area contributed by atoms with E-state index in [0.29, 0.717) is 20.8 Å². The molecule has 0 saturated carbocycles. The highest BCUT2D eigenvalue weighted by Gasteiger charge is 2.17. The van der Waals surface area contributed by atoms with E-state index >= 15 is 0 Å². The van der Waals surface area contributed by atoms with Crippen LogP contribution in [0.4, 0.5) is 0 Å². The summed E-state index contributed by atoms with van der Waals surface area (Å²) in [5.74, 6) is 5.62. The molecular weight excluding hydrogens is 366 g/mol. The van der Waals surface area contributed by atoms with Crippen molar-refractivity contribution in [2.75, 3.05) is 0 Å². The fourth-order valence-corrected chi connectivity index (χ4v) is 3.14. The van der Waals surface area contributed by atoms with E-state index in [9.17, 15) is 5.11 Å². The first-order valence-electron chi connectivity index (χ1n) is 6.42. The van der Waals surface area contributed by atoms with Gasteiger partial charge in [-0.3, -0.25) is 4.98 Å². The first kappa shape index (κ1) is 14.8. The third kappa shape index (κ3) is 2.53.